The van der Waals surface area contributed by atoms with Gasteiger partial charge in [-0.2, -0.15) is 9.50 Å². The number of aromatic amines is 1. The molecule has 0 spiro atoms. The fourth-order valence-corrected chi connectivity index (χ4v) is 2.62. The average Bonchev–Trinajstić information content (AvgIpc) is 3.07. The van der Waals surface area contributed by atoms with E-state index in [1.807, 2.05) is 0 Å². The Balaban J connectivity index is 1.74. The molecule has 0 atom stereocenters. The van der Waals surface area contributed by atoms with E-state index in [4.69, 9.17) is 11.6 Å². The van der Waals surface area contributed by atoms with Gasteiger partial charge in [-0.15, -0.1) is 5.10 Å². The molecule has 0 radical (unpaired) electrons. The molecule has 4 rings (SSSR count). The Bertz CT molecular complexity index is 1200. The summed E-state index contributed by atoms with van der Waals surface area (Å²) in [5.41, 5.74) is 0.481. The highest BCUT2D eigenvalue weighted by Crippen LogP contribution is 2.19. The molecule has 1 amide bonds. The molecular weight excluding hydrogens is 373 g/mol. The molecule has 134 valence electrons. The van der Waals surface area contributed by atoms with Gasteiger partial charge in [0.1, 0.15) is 11.6 Å². The van der Waals surface area contributed by atoms with Crippen LogP contribution < -0.4 is 10.9 Å². The molecule has 2 N–H and O–H groups in total. The summed E-state index contributed by atoms with van der Waals surface area (Å²) in [7, 11) is 0. The minimum absolute atomic E-state index is 0.135. The highest BCUT2D eigenvalue weighted by atomic mass is 35.5. The second kappa shape index (κ2) is 6.65. The van der Waals surface area contributed by atoms with Crippen molar-refractivity contribution < 1.29 is 9.18 Å². The van der Waals surface area contributed by atoms with Crippen molar-refractivity contribution in [2.24, 2.45) is 0 Å². The summed E-state index contributed by atoms with van der Waals surface area (Å²) in [6.07, 6.45) is 0. The molecule has 0 aliphatic carbocycles. The molecule has 0 unspecified atom stereocenters. The third-order valence-corrected chi connectivity index (χ3v) is 4.04. The first-order valence-electron chi connectivity index (χ1n) is 7.82. The Labute approximate surface area is 156 Å². The highest BCUT2D eigenvalue weighted by Gasteiger charge is 2.14. The van der Waals surface area contributed by atoms with Crippen molar-refractivity contribution in [3.05, 3.63) is 81.4 Å². The fraction of sp³-hybridized carbons (Fsp3) is 0. The lowest BCUT2D eigenvalue weighted by Crippen LogP contribution is -2.18. The molecule has 0 aliphatic rings. The maximum atomic E-state index is 13.0. The van der Waals surface area contributed by atoms with E-state index in [9.17, 15) is 14.0 Å². The second-order valence-electron chi connectivity index (χ2n) is 5.66. The molecule has 2 aromatic carbocycles. The summed E-state index contributed by atoms with van der Waals surface area (Å²) < 4.78 is 14.3. The molecule has 0 saturated heterocycles. The SMILES string of the molecule is O=C(Nc1cc(=O)[nH]c2nc(-c3ccc(Cl)cc3)nn12)c1ccc(F)cc1. The van der Waals surface area contributed by atoms with E-state index in [1.165, 1.54) is 34.8 Å². The third kappa shape index (κ3) is 3.42. The van der Waals surface area contributed by atoms with E-state index < -0.39 is 17.3 Å². The molecule has 2 aromatic heterocycles. The van der Waals surface area contributed by atoms with Crippen molar-refractivity contribution in [2.75, 3.05) is 5.32 Å². The number of aromatic nitrogens is 4. The number of H-pyrrole nitrogens is 1. The standard InChI is InChI=1S/C18H11ClFN5O2/c19-12-5-1-10(2-6-12)16-23-18-22-15(26)9-14(25(18)24-16)21-17(27)11-3-7-13(20)8-4-11/h1-9H,(H,21,27)(H,22,23,24,26). The van der Waals surface area contributed by atoms with Crippen molar-refractivity contribution in [1.29, 1.82) is 0 Å². The minimum Gasteiger partial charge on any atom is -0.306 e. The number of rotatable bonds is 3. The number of nitrogens with zero attached hydrogens (tertiary/aromatic N) is 3. The molecule has 0 aliphatic heterocycles. The van der Waals surface area contributed by atoms with Crippen molar-refractivity contribution >= 4 is 29.1 Å². The van der Waals surface area contributed by atoms with Gasteiger partial charge in [-0.25, -0.2) is 4.39 Å². The van der Waals surface area contributed by atoms with Crippen molar-refractivity contribution in [3.8, 4) is 11.4 Å². The van der Waals surface area contributed by atoms with Gasteiger partial charge in [-0.3, -0.25) is 14.6 Å². The monoisotopic (exact) mass is 383 g/mol. The smallest absolute Gasteiger partial charge is 0.256 e. The summed E-state index contributed by atoms with van der Waals surface area (Å²) in [4.78, 5) is 31.1. The number of carbonyl (C=O) groups is 1. The van der Waals surface area contributed by atoms with Gasteiger partial charge in [0.05, 0.1) is 0 Å². The summed E-state index contributed by atoms with van der Waals surface area (Å²) in [6, 6.07) is 13.1. The molecule has 4 aromatic rings. The molecule has 7 nitrogen and oxygen atoms in total. The highest BCUT2D eigenvalue weighted by molar-refractivity contribution is 6.30. The summed E-state index contributed by atoms with van der Waals surface area (Å²) in [6.45, 7) is 0. The number of fused-ring (bicyclic) bond motifs is 1. The Kier molecular flexibility index (Phi) is 4.17. The van der Waals surface area contributed by atoms with Gasteiger partial charge in [0.25, 0.3) is 11.5 Å². The fourth-order valence-electron chi connectivity index (χ4n) is 2.49. The van der Waals surface area contributed by atoms with Gasteiger partial charge < -0.3 is 5.32 Å². The average molecular weight is 384 g/mol. The van der Waals surface area contributed by atoms with Crippen LogP contribution in [0.15, 0.2) is 59.4 Å². The van der Waals surface area contributed by atoms with Crippen LogP contribution in [0.4, 0.5) is 10.2 Å². The van der Waals surface area contributed by atoms with Crippen LogP contribution in [0.1, 0.15) is 10.4 Å². The van der Waals surface area contributed by atoms with Crippen molar-refractivity contribution in [3.63, 3.8) is 0 Å². The van der Waals surface area contributed by atoms with Crippen molar-refractivity contribution in [2.45, 2.75) is 0 Å². The first kappa shape index (κ1) is 16.9. The molecule has 0 bridgehead atoms. The normalized spacial score (nSPS) is 10.9. The zero-order valence-corrected chi connectivity index (χ0v) is 14.4. The molecule has 27 heavy (non-hydrogen) atoms. The summed E-state index contributed by atoms with van der Waals surface area (Å²) >= 11 is 5.88. The number of anilines is 1. The molecular formula is C18H11ClFN5O2. The predicted molar refractivity (Wildman–Crippen MR) is 98.4 cm³/mol. The predicted octanol–water partition coefficient (Wildman–Crippen LogP) is 3.13. The molecule has 0 fully saturated rings. The van der Waals surface area contributed by atoms with Crippen molar-refractivity contribution in [1.82, 2.24) is 19.6 Å². The van der Waals surface area contributed by atoms with E-state index in [1.54, 1.807) is 24.3 Å². The number of benzene rings is 2. The van der Waals surface area contributed by atoms with E-state index in [0.29, 0.717) is 16.4 Å². The van der Waals surface area contributed by atoms with Gasteiger partial charge in [-0.1, -0.05) is 11.6 Å². The largest absolute Gasteiger partial charge is 0.306 e. The Morgan fingerprint density at radius 3 is 2.52 bits per heavy atom. The maximum absolute atomic E-state index is 13.0. The minimum atomic E-state index is -0.509. The summed E-state index contributed by atoms with van der Waals surface area (Å²) in [5, 5.41) is 7.50. The van der Waals surface area contributed by atoms with Crippen LogP contribution in [0.5, 0.6) is 0 Å². The zero-order valence-electron chi connectivity index (χ0n) is 13.6. The Morgan fingerprint density at radius 1 is 1.11 bits per heavy atom. The topological polar surface area (TPSA) is 92.1 Å². The maximum Gasteiger partial charge on any atom is 0.256 e. The number of hydrogen-bond donors (Lipinski definition) is 2. The Hall–Kier alpha value is -3.52. The van der Waals surface area contributed by atoms with Crippen LogP contribution in [-0.2, 0) is 0 Å². The first-order chi connectivity index (χ1) is 13.0. The quantitative estimate of drug-likeness (QED) is 0.568. The van der Waals surface area contributed by atoms with Crippen LogP contribution in [0.2, 0.25) is 5.02 Å². The van der Waals surface area contributed by atoms with E-state index >= 15 is 0 Å². The van der Waals surface area contributed by atoms with Gasteiger partial charge in [0, 0.05) is 22.2 Å². The van der Waals surface area contributed by atoms with Crippen LogP contribution in [0, 0.1) is 5.82 Å². The molecule has 2 heterocycles. The molecule has 9 heteroatoms. The van der Waals surface area contributed by atoms with Gasteiger partial charge in [-0.05, 0) is 48.5 Å². The van der Waals surface area contributed by atoms with Crippen LogP contribution in [0.25, 0.3) is 17.2 Å². The third-order valence-electron chi connectivity index (χ3n) is 3.79. The number of amides is 1. The summed E-state index contributed by atoms with van der Waals surface area (Å²) in [5.74, 6) is -0.303. The van der Waals surface area contributed by atoms with Gasteiger partial charge >= 0.3 is 0 Å². The molecule has 0 saturated carbocycles. The van der Waals surface area contributed by atoms with Crippen LogP contribution >= 0.6 is 11.6 Å². The number of hydrogen-bond acceptors (Lipinski definition) is 4. The van der Waals surface area contributed by atoms with Crippen LogP contribution in [-0.4, -0.2) is 25.5 Å². The lowest BCUT2D eigenvalue weighted by Gasteiger charge is -2.06. The second-order valence-corrected chi connectivity index (χ2v) is 6.09. The van der Waals surface area contributed by atoms with E-state index in [-0.39, 0.29) is 17.2 Å². The van der Waals surface area contributed by atoms with E-state index in [0.717, 1.165) is 0 Å². The number of halogens is 2. The lowest BCUT2D eigenvalue weighted by atomic mass is 10.2. The number of carbonyl (C=O) groups excluding carboxylic acids is 1. The number of nitrogens with one attached hydrogen (secondary N) is 2. The van der Waals surface area contributed by atoms with Gasteiger partial charge in [0.15, 0.2) is 5.82 Å². The zero-order chi connectivity index (χ0) is 19.0. The van der Waals surface area contributed by atoms with Gasteiger partial charge in [0.2, 0.25) is 5.78 Å². The first-order valence-corrected chi connectivity index (χ1v) is 8.20. The van der Waals surface area contributed by atoms with Crippen LogP contribution in [0.3, 0.4) is 0 Å². The lowest BCUT2D eigenvalue weighted by molar-refractivity contribution is 0.102. The Morgan fingerprint density at radius 2 is 1.81 bits per heavy atom. The van der Waals surface area contributed by atoms with E-state index in [2.05, 4.69) is 20.4 Å².